The lowest BCUT2D eigenvalue weighted by Crippen LogP contribution is -2.36. The first-order valence-corrected chi connectivity index (χ1v) is 8.37. The molecule has 1 aromatic heterocycles. The molecule has 0 radical (unpaired) electrons. The molecule has 0 N–H and O–H groups in total. The predicted molar refractivity (Wildman–Crippen MR) is 95.5 cm³/mol. The van der Waals surface area contributed by atoms with Crippen molar-refractivity contribution in [2.24, 2.45) is 0 Å². The van der Waals surface area contributed by atoms with E-state index >= 15 is 0 Å². The van der Waals surface area contributed by atoms with E-state index in [1.807, 2.05) is 49.1 Å². The molecule has 25 heavy (non-hydrogen) atoms. The molecular formula is C20H19N3O2. The average molecular weight is 333 g/mol. The molecule has 2 heterocycles. The van der Waals surface area contributed by atoms with Gasteiger partial charge in [-0.1, -0.05) is 23.8 Å². The van der Waals surface area contributed by atoms with Crippen LogP contribution in [0.5, 0.6) is 5.75 Å². The van der Waals surface area contributed by atoms with Gasteiger partial charge in [0.15, 0.2) is 0 Å². The van der Waals surface area contributed by atoms with Gasteiger partial charge in [-0.2, -0.15) is 0 Å². The smallest absolute Gasteiger partial charge is 0.256 e. The lowest BCUT2D eigenvalue weighted by atomic mass is 10.1. The van der Waals surface area contributed by atoms with Crippen LogP contribution in [0.1, 0.15) is 28.4 Å². The number of hydrogen-bond donors (Lipinski definition) is 0. The molecular weight excluding hydrogens is 314 g/mol. The van der Waals surface area contributed by atoms with Crippen molar-refractivity contribution in [1.82, 2.24) is 14.9 Å². The number of para-hydroxylation sites is 1. The van der Waals surface area contributed by atoms with Crippen molar-refractivity contribution in [3.63, 3.8) is 0 Å². The van der Waals surface area contributed by atoms with Gasteiger partial charge in [0.1, 0.15) is 17.4 Å². The second kappa shape index (κ2) is 6.16. The zero-order valence-electron chi connectivity index (χ0n) is 14.3. The SMILES string of the molecule is Cc1ccc2c(c1)CN(C(=O)c1cccc3nccnc13)CC(C)O2. The maximum Gasteiger partial charge on any atom is 0.256 e. The fourth-order valence-electron chi connectivity index (χ4n) is 3.27. The zero-order valence-corrected chi connectivity index (χ0v) is 14.3. The van der Waals surface area contributed by atoms with Crippen LogP contribution in [-0.4, -0.2) is 33.4 Å². The van der Waals surface area contributed by atoms with Crippen molar-refractivity contribution in [2.45, 2.75) is 26.5 Å². The van der Waals surface area contributed by atoms with E-state index in [0.717, 1.165) is 22.4 Å². The van der Waals surface area contributed by atoms with Gasteiger partial charge in [0.05, 0.1) is 17.6 Å². The molecule has 1 amide bonds. The Morgan fingerprint density at radius 2 is 2.04 bits per heavy atom. The van der Waals surface area contributed by atoms with Crippen molar-refractivity contribution < 1.29 is 9.53 Å². The normalized spacial score (nSPS) is 16.9. The van der Waals surface area contributed by atoms with Crippen molar-refractivity contribution in [3.05, 3.63) is 65.5 Å². The molecule has 0 saturated heterocycles. The van der Waals surface area contributed by atoms with Crippen molar-refractivity contribution >= 4 is 16.9 Å². The first kappa shape index (κ1) is 15.6. The van der Waals surface area contributed by atoms with Gasteiger partial charge in [-0.25, -0.2) is 0 Å². The van der Waals surface area contributed by atoms with Crippen LogP contribution < -0.4 is 4.74 Å². The first-order chi connectivity index (χ1) is 12.1. The molecule has 3 aromatic rings. The summed E-state index contributed by atoms with van der Waals surface area (Å²) in [6, 6.07) is 11.6. The number of rotatable bonds is 1. The number of nitrogens with zero attached hydrogens (tertiary/aromatic N) is 3. The summed E-state index contributed by atoms with van der Waals surface area (Å²) in [6.45, 7) is 5.08. The topological polar surface area (TPSA) is 55.3 Å². The second-order valence-corrected chi connectivity index (χ2v) is 6.45. The van der Waals surface area contributed by atoms with Crippen LogP contribution in [0.4, 0.5) is 0 Å². The molecule has 126 valence electrons. The van der Waals surface area contributed by atoms with E-state index in [1.54, 1.807) is 12.4 Å². The average Bonchev–Trinajstić information content (AvgIpc) is 2.78. The second-order valence-electron chi connectivity index (χ2n) is 6.45. The summed E-state index contributed by atoms with van der Waals surface area (Å²) in [6.07, 6.45) is 3.18. The molecule has 5 nitrogen and oxygen atoms in total. The summed E-state index contributed by atoms with van der Waals surface area (Å²) in [5, 5.41) is 0. The summed E-state index contributed by atoms with van der Waals surface area (Å²) in [5.74, 6) is 0.807. The van der Waals surface area contributed by atoms with Crippen LogP contribution in [0.25, 0.3) is 11.0 Å². The number of aryl methyl sites for hydroxylation is 1. The van der Waals surface area contributed by atoms with Gasteiger partial charge in [-0.3, -0.25) is 14.8 Å². The minimum Gasteiger partial charge on any atom is -0.489 e. The van der Waals surface area contributed by atoms with Crippen molar-refractivity contribution in [3.8, 4) is 5.75 Å². The van der Waals surface area contributed by atoms with Gasteiger partial charge in [0.25, 0.3) is 5.91 Å². The predicted octanol–water partition coefficient (Wildman–Crippen LogP) is 3.36. The van der Waals surface area contributed by atoms with E-state index < -0.39 is 0 Å². The van der Waals surface area contributed by atoms with Gasteiger partial charge in [-0.05, 0) is 32.0 Å². The fourth-order valence-corrected chi connectivity index (χ4v) is 3.27. The quantitative estimate of drug-likeness (QED) is 0.685. The van der Waals surface area contributed by atoms with Gasteiger partial charge in [0, 0.05) is 24.5 Å². The van der Waals surface area contributed by atoms with E-state index in [9.17, 15) is 4.79 Å². The highest BCUT2D eigenvalue weighted by Crippen LogP contribution is 2.27. The van der Waals surface area contributed by atoms with Crippen LogP contribution in [0.2, 0.25) is 0 Å². The highest BCUT2D eigenvalue weighted by Gasteiger charge is 2.26. The highest BCUT2D eigenvalue weighted by atomic mass is 16.5. The van der Waals surface area contributed by atoms with Crippen LogP contribution in [0, 0.1) is 6.92 Å². The molecule has 0 fully saturated rings. The van der Waals surface area contributed by atoms with Crippen LogP contribution in [-0.2, 0) is 6.54 Å². The minimum atomic E-state index is -0.0750. The third-order valence-electron chi connectivity index (χ3n) is 4.40. The zero-order chi connectivity index (χ0) is 17.4. The minimum absolute atomic E-state index is 0.0455. The van der Waals surface area contributed by atoms with E-state index in [2.05, 4.69) is 16.0 Å². The Balaban J connectivity index is 1.74. The molecule has 0 bridgehead atoms. The Morgan fingerprint density at radius 1 is 1.20 bits per heavy atom. The monoisotopic (exact) mass is 333 g/mol. The number of fused-ring (bicyclic) bond motifs is 2. The molecule has 0 saturated carbocycles. The molecule has 4 rings (SSSR count). The third-order valence-corrected chi connectivity index (χ3v) is 4.40. The Bertz CT molecular complexity index is 949. The third kappa shape index (κ3) is 2.93. The Labute approximate surface area is 146 Å². The standard InChI is InChI=1S/C20H19N3O2/c1-13-6-7-18-15(10-13)12-23(11-14(2)25-18)20(24)16-4-3-5-17-19(16)22-9-8-21-17/h3-10,14H,11-12H2,1-2H3. The molecule has 1 aliphatic rings. The van der Waals surface area contributed by atoms with Gasteiger partial charge in [0.2, 0.25) is 0 Å². The molecule has 1 aliphatic heterocycles. The summed E-state index contributed by atoms with van der Waals surface area (Å²) in [5.41, 5.74) is 4.12. The number of amides is 1. The largest absolute Gasteiger partial charge is 0.489 e. The lowest BCUT2D eigenvalue weighted by molar-refractivity contribution is 0.0692. The maximum atomic E-state index is 13.2. The van der Waals surface area contributed by atoms with Crippen LogP contribution in [0.15, 0.2) is 48.8 Å². The maximum absolute atomic E-state index is 13.2. The van der Waals surface area contributed by atoms with Crippen LogP contribution in [0.3, 0.4) is 0 Å². The van der Waals surface area contributed by atoms with E-state index in [4.69, 9.17) is 4.74 Å². The van der Waals surface area contributed by atoms with Gasteiger partial charge in [-0.15, -0.1) is 0 Å². The number of carbonyl (C=O) groups is 1. The van der Waals surface area contributed by atoms with E-state index in [1.165, 1.54) is 0 Å². The summed E-state index contributed by atoms with van der Waals surface area (Å²) >= 11 is 0. The molecule has 1 atom stereocenters. The van der Waals surface area contributed by atoms with Crippen molar-refractivity contribution in [2.75, 3.05) is 6.54 Å². The Kier molecular flexibility index (Phi) is 3.84. The van der Waals surface area contributed by atoms with E-state index in [0.29, 0.717) is 24.2 Å². The molecule has 0 spiro atoms. The molecule has 1 unspecified atom stereocenters. The van der Waals surface area contributed by atoms with Gasteiger partial charge >= 0.3 is 0 Å². The van der Waals surface area contributed by atoms with Crippen LogP contribution >= 0.6 is 0 Å². The Hall–Kier alpha value is -2.95. The molecule has 2 aromatic carbocycles. The highest BCUT2D eigenvalue weighted by molar-refractivity contribution is 6.04. The lowest BCUT2D eigenvalue weighted by Gasteiger charge is -2.22. The number of aromatic nitrogens is 2. The van der Waals surface area contributed by atoms with Gasteiger partial charge < -0.3 is 9.64 Å². The number of carbonyl (C=O) groups excluding carboxylic acids is 1. The number of ether oxygens (including phenoxy) is 1. The summed E-state index contributed by atoms with van der Waals surface area (Å²) in [4.78, 5) is 23.7. The Morgan fingerprint density at radius 3 is 2.92 bits per heavy atom. The fraction of sp³-hybridized carbons (Fsp3) is 0.250. The van der Waals surface area contributed by atoms with Crippen molar-refractivity contribution in [1.29, 1.82) is 0 Å². The summed E-state index contributed by atoms with van der Waals surface area (Å²) in [7, 11) is 0. The number of hydrogen-bond acceptors (Lipinski definition) is 4. The first-order valence-electron chi connectivity index (χ1n) is 8.37. The summed E-state index contributed by atoms with van der Waals surface area (Å²) < 4.78 is 5.99. The number of benzene rings is 2. The van der Waals surface area contributed by atoms with E-state index in [-0.39, 0.29) is 12.0 Å². The molecule has 5 heteroatoms. The molecule has 0 aliphatic carbocycles.